The monoisotopic (exact) mass is 313 g/mol. The molecule has 3 rings (SSSR count). The molecule has 2 aromatic rings. The number of nitrogens with zero attached hydrogens (tertiary/aromatic N) is 4. The topological polar surface area (TPSA) is 63.1 Å². The SMILES string of the molecule is CN(C)C1(CNC(=O)c2ccnc(-n3ccnc3)c2)CCCC1. The van der Waals surface area contributed by atoms with Crippen molar-refractivity contribution in [3.63, 3.8) is 0 Å². The summed E-state index contributed by atoms with van der Waals surface area (Å²) >= 11 is 0. The number of aromatic nitrogens is 3. The molecule has 1 fully saturated rings. The first-order valence-electron chi connectivity index (χ1n) is 8.01. The molecule has 1 N–H and O–H groups in total. The van der Waals surface area contributed by atoms with Crippen molar-refractivity contribution < 1.29 is 4.79 Å². The largest absolute Gasteiger partial charge is 0.350 e. The lowest BCUT2D eigenvalue weighted by molar-refractivity contribution is 0.0900. The van der Waals surface area contributed by atoms with Crippen molar-refractivity contribution in [2.75, 3.05) is 20.6 Å². The zero-order valence-electron chi connectivity index (χ0n) is 13.7. The number of imidazole rings is 1. The predicted octanol–water partition coefficient (Wildman–Crippen LogP) is 1.87. The van der Waals surface area contributed by atoms with Gasteiger partial charge in [-0.15, -0.1) is 0 Å². The molecule has 122 valence electrons. The number of likely N-dealkylation sites (N-methyl/N-ethyl adjacent to an activating group) is 1. The molecule has 1 aliphatic rings. The Labute approximate surface area is 136 Å². The average Bonchev–Trinajstić information content (AvgIpc) is 3.25. The molecule has 1 amide bonds. The maximum absolute atomic E-state index is 12.5. The zero-order chi connectivity index (χ0) is 16.3. The fourth-order valence-electron chi connectivity index (χ4n) is 3.26. The highest BCUT2D eigenvalue weighted by Gasteiger charge is 2.36. The van der Waals surface area contributed by atoms with E-state index >= 15 is 0 Å². The van der Waals surface area contributed by atoms with Gasteiger partial charge in [-0.3, -0.25) is 9.36 Å². The van der Waals surface area contributed by atoms with E-state index in [1.807, 2.05) is 6.20 Å². The number of hydrogen-bond donors (Lipinski definition) is 1. The quantitative estimate of drug-likeness (QED) is 0.915. The normalized spacial score (nSPS) is 16.7. The summed E-state index contributed by atoms with van der Waals surface area (Å²) in [7, 11) is 4.20. The van der Waals surface area contributed by atoms with Gasteiger partial charge in [0.05, 0.1) is 0 Å². The van der Waals surface area contributed by atoms with Crippen molar-refractivity contribution in [3.8, 4) is 5.82 Å². The van der Waals surface area contributed by atoms with Crippen LogP contribution < -0.4 is 5.32 Å². The minimum absolute atomic E-state index is 0.0538. The second-order valence-electron chi connectivity index (χ2n) is 6.38. The Morgan fingerprint density at radius 2 is 2.13 bits per heavy atom. The summed E-state index contributed by atoms with van der Waals surface area (Å²) in [6.45, 7) is 0.682. The molecule has 0 saturated heterocycles. The fourth-order valence-corrected chi connectivity index (χ4v) is 3.26. The molecule has 0 bridgehead atoms. The van der Waals surface area contributed by atoms with Crippen LogP contribution in [0.3, 0.4) is 0 Å². The predicted molar refractivity (Wildman–Crippen MR) is 88.6 cm³/mol. The molecule has 1 aliphatic carbocycles. The van der Waals surface area contributed by atoms with Crippen LogP contribution in [-0.2, 0) is 0 Å². The van der Waals surface area contributed by atoms with Gasteiger partial charge in [0.15, 0.2) is 0 Å². The number of pyridine rings is 1. The molecule has 6 nitrogen and oxygen atoms in total. The first-order chi connectivity index (χ1) is 11.1. The second kappa shape index (κ2) is 6.50. The van der Waals surface area contributed by atoms with Gasteiger partial charge >= 0.3 is 0 Å². The summed E-state index contributed by atoms with van der Waals surface area (Å²) in [6, 6.07) is 3.53. The maximum atomic E-state index is 12.5. The average molecular weight is 313 g/mol. The lowest BCUT2D eigenvalue weighted by atomic mass is 9.96. The standard InChI is InChI=1S/C17H23N5O/c1-21(2)17(6-3-4-7-17)12-20-16(23)14-5-8-19-15(11-14)22-10-9-18-13-22/h5,8-11,13H,3-4,6-7,12H2,1-2H3,(H,20,23). The molecule has 0 aromatic carbocycles. The van der Waals surface area contributed by atoms with Gasteiger partial charge in [-0.1, -0.05) is 12.8 Å². The van der Waals surface area contributed by atoms with Crippen molar-refractivity contribution >= 4 is 5.91 Å². The van der Waals surface area contributed by atoms with Gasteiger partial charge in [-0.2, -0.15) is 0 Å². The highest BCUT2D eigenvalue weighted by Crippen LogP contribution is 2.33. The van der Waals surface area contributed by atoms with E-state index < -0.39 is 0 Å². The van der Waals surface area contributed by atoms with Gasteiger partial charge in [-0.05, 0) is 39.1 Å². The van der Waals surface area contributed by atoms with Crippen LogP contribution in [-0.4, -0.2) is 51.5 Å². The van der Waals surface area contributed by atoms with E-state index in [4.69, 9.17) is 0 Å². The molecule has 0 spiro atoms. The number of amides is 1. The number of hydrogen-bond acceptors (Lipinski definition) is 4. The van der Waals surface area contributed by atoms with Crippen LogP contribution in [0.2, 0.25) is 0 Å². The van der Waals surface area contributed by atoms with E-state index in [1.54, 1.807) is 35.4 Å². The first-order valence-corrected chi connectivity index (χ1v) is 8.01. The van der Waals surface area contributed by atoms with E-state index in [1.165, 1.54) is 12.8 Å². The molecule has 0 radical (unpaired) electrons. The molecule has 0 atom stereocenters. The van der Waals surface area contributed by atoms with E-state index in [0.29, 0.717) is 17.9 Å². The molecule has 2 heterocycles. The van der Waals surface area contributed by atoms with E-state index in [9.17, 15) is 4.79 Å². The highest BCUT2D eigenvalue weighted by atomic mass is 16.1. The van der Waals surface area contributed by atoms with Crippen molar-refractivity contribution in [2.45, 2.75) is 31.2 Å². The third-order valence-electron chi connectivity index (χ3n) is 4.84. The van der Waals surface area contributed by atoms with Crippen LogP contribution in [0, 0.1) is 0 Å². The first kappa shape index (κ1) is 15.7. The fraction of sp³-hybridized carbons (Fsp3) is 0.471. The molecular weight excluding hydrogens is 290 g/mol. The van der Waals surface area contributed by atoms with Gasteiger partial charge in [-0.25, -0.2) is 9.97 Å². The van der Waals surface area contributed by atoms with Gasteiger partial charge in [0.25, 0.3) is 5.91 Å². The number of carbonyl (C=O) groups is 1. The van der Waals surface area contributed by atoms with Crippen LogP contribution in [0.4, 0.5) is 0 Å². The van der Waals surface area contributed by atoms with E-state index in [0.717, 1.165) is 12.8 Å². The summed E-state index contributed by atoms with van der Waals surface area (Å²) in [5.74, 6) is 0.639. The minimum atomic E-state index is -0.0538. The summed E-state index contributed by atoms with van der Waals surface area (Å²) in [5.41, 5.74) is 0.714. The second-order valence-corrected chi connectivity index (χ2v) is 6.38. The molecule has 1 saturated carbocycles. The Kier molecular flexibility index (Phi) is 4.43. The minimum Gasteiger partial charge on any atom is -0.350 e. The Hall–Kier alpha value is -2.21. The van der Waals surface area contributed by atoms with Crippen LogP contribution in [0.25, 0.3) is 5.82 Å². The summed E-state index contributed by atoms with van der Waals surface area (Å²) in [4.78, 5) is 23.0. The van der Waals surface area contributed by atoms with E-state index in [-0.39, 0.29) is 11.4 Å². The van der Waals surface area contributed by atoms with Crippen molar-refractivity contribution in [2.24, 2.45) is 0 Å². The molecule has 23 heavy (non-hydrogen) atoms. The van der Waals surface area contributed by atoms with Gasteiger partial charge < -0.3 is 10.2 Å². The van der Waals surface area contributed by atoms with Crippen molar-refractivity contribution in [3.05, 3.63) is 42.6 Å². The van der Waals surface area contributed by atoms with Gasteiger partial charge in [0, 0.05) is 36.2 Å². The summed E-state index contributed by atoms with van der Waals surface area (Å²) in [6.07, 6.45) is 11.6. The molecule has 6 heteroatoms. The third-order valence-corrected chi connectivity index (χ3v) is 4.84. The Morgan fingerprint density at radius 3 is 2.78 bits per heavy atom. The maximum Gasteiger partial charge on any atom is 0.251 e. The molecule has 0 unspecified atom stereocenters. The Balaban J connectivity index is 1.70. The highest BCUT2D eigenvalue weighted by molar-refractivity contribution is 5.94. The Bertz CT molecular complexity index is 659. The van der Waals surface area contributed by atoms with Crippen LogP contribution in [0.5, 0.6) is 0 Å². The summed E-state index contributed by atoms with van der Waals surface area (Å²) in [5, 5.41) is 3.10. The number of carbonyl (C=O) groups excluding carboxylic acids is 1. The molecule has 2 aromatic heterocycles. The number of rotatable bonds is 5. The lowest BCUT2D eigenvalue weighted by Crippen LogP contribution is -2.50. The molecular formula is C17H23N5O. The summed E-state index contributed by atoms with van der Waals surface area (Å²) < 4.78 is 1.79. The van der Waals surface area contributed by atoms with Crippen molar-refractivity contribution in [1.82, 2.24) is 24.8 Å². The smallest absolute Gasteiger partial charge is 0.251 e. The van der Waals surface area contributed by atoms with Gasteiger partial charge in [0.1, 0.15) is 12.1 Å². The lowest BCUT2D eigenvalue weighted by Gasteiger charge is -2.36. The Morgan fingerprint density at radius 1 is 1.35 bits per heavy atom. The van der Waals surface area contributed by atoms with Crippen molar-refractivity contribution in [1.29, 1.82) is 0 Å². The van der Waals surface area contributed by atoms with Gasteiger partial charge in [0.2, 0.25) is 0 Å². The number of nitrogens with one attached hydrogen (secondary N) is 1. The molecule has 0 aliphatic heterocycles. The third kappa shape index (κ3) is 3.27. The van der Waals surface area contributed by atoms with E-state index in [2.05, 4.69) is 34.3 Å². The zero-order valence-corrected chi connectivity index (χ0v) is 13.7. The van der Waals surface area contributed by atoms with Crippen LogP contribution in [0.1, 0.15) is 36.0 Å². The van der Waals surface area contributed by atoms with Crippen LogP contribution in [0.15, 0.2) is 37.1 Å². The van der Waals surface area contributed by atoms with Crippen LogP contribution >= 0.6 is 0 Å².